The first-order chi connectivity index (χ1) is 8.08. The molecule has 2 rings (SSSR count). The molecular formula is C13H17AsBrNO. The van der Waals surface area contributed by atoms with E-state index in [-0.39, 0.29) is 5.91 Å². The van der Waals surface area contributed by atoms with Gasteiger partial charge in [0, 0.05) is 0 Å². The predicted octanol–water partition coefficient (Wildman–Crippen LogP) is 3.42. The predicted molar refractivity (Wildman–Crippen MR) is 75.9 cm³/mol. The Balaban J connectivity index is 2.04. The third-order valence-electron chi connectivity index (χ3n) is 3.27. The first-order valence-corrected chi connectivity index (χ1v) is 11.4. The molecule has 0 aliphatic carbocycles. The van der Waals surface area contributed by atoms with Gasteiger partial charge in [-0.25, -0.2) is 0 Å². The molecule has 4 heteroatoms. The molecule has 0 N–H and O–H groups in total. The number of hydrogen-bond donors (Lipinski definition) is 0. The van der Waals surface area contributed by atoms with Crippen LogP contribution in [0.3, 0.4) is 0 Å². The van der Waals surface area contributed by atoms with Crippen molar-refractivity contribution in [1.82, 2.24) is 4.90 Å². The summed E-state index contributed by atoms with van der Waals surface area (Å²) in [6.45, 7) is 1.91. The zero-order valence-electron chi connectivity index (χ0n) is 10.2. The molecular weight excluding hydrogens is 341 g/mol. The Bertz CT molecular complexity index is 404. The van der Waals surface area contributed by atoms with Gasteiger partial charge in [0.2, 0.25) is 0 Å². The van der Waals surface area contributed by atoms with Crippen LogP contribution in [-0.2, 0) is 0 Å². The third kappa shape index (κ3) is 3.14. The molecule has 17 heavy (non-hydrogen) atoms. The van der Waals surface area contributed by atoms with Gasteiger partial charge in [0.1, 0.15) is 0 Å². The topological polar surface area (TPSA) is 20.3 Å². The number of likely N-dealkylation sites (tertiary alicyclic amines) is 1. The summed E-state index contributed by atoms with van der Waals surface area (Å²) in [5.74, 6) is 0.191. The average Bonchev–Trinajstić information content (AvgIpc) is 2.78. The molecule has 0 bridgehead atoms. The van der Waals surface area contributed by atoms with Crippen molar-refractivity contribution in [2.75, 3.05) is 13.1 Å². The molecule has 1 fully saturated rings. The second-order valence-corrected chi connectivity index (χ2v) is 11.2. The summed E-state index contributed by atoms with van der Waals surface area (Å²) in [6.07, 6.45) is 1.20. The zero-order chi connectivity index (χ0) is 12.4. The Hall–Kier alpha value is -0.272. The SMILES string of the molecule is C[As](C)C1CCN(C(=O)c2ccc(Br)cc2)C1. The molecule has 1 aliphatic rings. The fourth-order valence-electron chi connectivity index (χ4n) is 2.12. The van der Waals surface area contributed by atoms with Crippen molar-refractivity contribution in [3.8, 4) is 0 Å². The molecule has 0 spiro atoms. The first-order valence-electron chi connectivity index (χ1n) is 5.79. The Labute approximate surface area is 116 Å². The van der Waals surface area contributed by atoms with Gasteiger partial charge in [0.05, 0.1) is 0 Å². The number of carbonyl (C=O) groups excluding carboxylic acids is 1. The molecule has 1 unspecified atom stereocenters. The van der Waals surface area contributed by atoms with E-state index in [1.807, 2.05) is 29.2 Å². The van der Waals surface area contributed by atoms with Crippen LogP contribution >= 0.6 is 15.9 Å². The Morgan fingerprint density at radius 3 is 2.53 bits per heavy atom. The molecule has 1 amide bonds. The van der Waals surface area contributed by atoms with Crippen molar-refractivity contribution in [2.45, 2.75) is 22.5 Å². The van der Waals surface area contributed by atoms with Crippen LogP contribution < -0.4 is 0 Å². The molecule has 1 atom stereocenters. The fourth-order valence-corrected chi connectivity index (χ4v) is 4.81. The summed E-state index contributed by atoms with van der Waals surface area (Å²) >= 11 is 2.72. The van der Waals surface area contributed by atoms with Crippen LogP contribution in [0.15, 0.2) is 28.7 Å². The molecule has 1 saturated heterocycles. The molecule has 0 radical (unpaired) electrons. The number of benzene rings is 1. The van der Waals surface area contributed by atoms with Crippen LogP contribution in [0.2, 0.25) is 16.1 Å². The molecule has 0 saturated carbocycles. The zero-order valence-corrected chi connectivity index (χ0v) is 13.7. The van der Waals surface area contributed by atoms with Gasteiger partial charge >= 0.3 is 116 Å². The minimum atomic E-state index is -0.670. The molecule has 1 heterocycles. The third-order valence-corrected chi connectivity index (χ3v) is 7.75. The standard InChI is InChI=1S/C13H17AsBrNO/c1-14(2)11-7-8-16(9-11)13(17)10-3-5-12(15)6-4-10/h3-6,11H,7-9H2,1-2H3. The van der Waals surface area contributed by atoms with E-state index in [0.717, 1.165) is 27.8 Å². The monoisotopic (exact) mass is 357 g/mol. The molecule has 1 aromatic carbocycles. The summed E-state index contributed by atoms with van der Waals surface area (Å²) in [4.78, 5) is 14.3. The van der Waals surface area contributed by atoms with Crippen LogP contribution in [0.1, 0.15) is 16.8 Å². The quantitative estimate of drug-likeness (QED) is 0.742. The van der Waals surface area contributed by atoms with Gasteiger partial charge in [-0.2, -0.15) is 0 Å². The minimum absolute atomic E-state index is 0.191. The van der Waals surface area contributed by atoms with E-state index >= 15 is 0 Å². The van der Waals surface area contributed by atoms with Gasteiger partial charge in [-0.1, -0.05) is 0 Å². The number of halogens is 1. The van der Waals surface area contributed by atoms with E-state index in [2.05, 4.69) is 27.4 Å². The Kier molecular flexibility index (Phi) is 4.32. The molecule has 2 nitrogen and oxygen atoms in total. The van der Waals surface area contributed by atoms with E-state index in [1.165, 1.54) is 6.42 Å². The first kappa shape index (κ1) is 13.2. The van der Waals surface area contributed by atoms with Crippen molar-refractivity contribution in [3.63, 3.8) is 0 Å². The van der Waals surface area contributed by atoms with Gasteiger partial charge in [0.15, 0.2) is 0 Å². The molecule has 0 aromatic heterocycles. The number of rotatable bonds is 2. The van der Waals surface area contributed by atoms with Gasteiger partial charge in [-0.05, 0) is 0 Å². The van der Waals surface area contributed by atoms with E-state index in [4.69, 9.17) is 0 Å². The van der Waals surface area contributed by atoms with Crippen molar-refractivity contribution >= 4 is 36.5 Å². The van der Waals surface area contributed by atoms with Crippen LogP contribution in [0.4, 0.5) is 0 Å². The molecule has 1 aromatic rings. The molecule has 92 valence electrons. The van der Waals surface area contributed by atoms with E-state index < -0.39 is 14.7 Å². The molecule has 1 aliphatic heterocycles. The number of hydrogen-bond acceptors (Lipinski definition) is 1. The van der Waals surface area contributed by atoms with Crippen LogP contribution in [-0.4, -0.2) is 38.5 Å². The summed E-state index contributed by atoms with van der Waals surface area (Å²) < 4.78 is 1.82. The summed E-state index contributed by atoms with van der Waals surface area (Å²) in [5.41, 5.74) is 5.57. The maximum atomic E-state index is 12.3. The van der Waals surface area contributed by atoms with Gasteiger partial charge < -0.3 is 0 Å². The van der Waals surface area contributed by atoms with E-state index in [0.29, 0.717) is 0 Å². The Morgan fingerprint density at radius 1 is 1.35 bits per heavy atom. The van der Waals surface area contributed by atoms with Crippen LogP contribution in [0.25, 0.3) is 0 Å². The van der Waals surface area contributed by atoms with Crippen LogP contribution in [0.5, 0.6) is 0 Å². The summed E-state index contributed by atoms with van der Waals surface area (Å²) in [6, 6.07) is 7.65. The van der Waals surface area contributed by atoms with Gasteiger partial charge in [0.25, 0.3) is 0 Å². The number of carbonyl (C=O) groups is 1. The maximum absolute atomic E-state index is 12.3. The summed E-state index contributed by atoms with van der Waals surface area (Å²) in [7, 11) is 0. The second kappa shape index (κ2) is 5.58. The second-order valence-electron chi connectivity index (χ2n) is 4.66. The van der Waals surface area contributed by atoms with Crippen molar-refractivity contribution in [2.24, 2.45) is 0 Å². The fraction of sp³-hybridized carbons (Fsp3) is 0.462. The number of amides is 1. The van der Waals surface area contributed by atoms with Crippen molar-refractivity contribution in [1.29, 1.82) is 0 Å². The van der Waals surface area contributed by atoms with E-state index in [1.54, 1.807) is 0 Å². The number of nitrogens with zero attached hydrogens (tertiary/aromatic N) is 1. The van der Waals surface area contributed by atoms with Gasteiger partial charge in [-0.15, -0.1) is 0 Å². The van der Waals surface area contributed by atoms with Crippen LogP contribution in [0, 0.1) is 0 Å². The summed E-state index contributed by atoms with van der Waals surface area (Å²) in [5, 5.41) is 0. The van der Waals surface area contributed by atoms with E-state index in [9.17, 15) is 4.79 Å². The average molecular weight is 358 g/mol. The normalized spacial score (nSPS) is 20.0. The Morgan fingerprint density at radius 2 is 2.00 bits per heavy atom. The van der Waals surface area contributed by atoms with Crippen molar-refractivity contribution < 1.29 is 4.79 Å². The van der Waals surface area contributed by atoms with Crippen molar-refractivity contribution in [3.05, 3.63) is 34.3 Å². The van der Waals surface area contributed by atoms with Gasteiger partial charge in [-0.3, -0.25) is 0 Å².